The molecule has 1 rings (SSSR count). The fraction of sp³-hybridized carbons (Fsp3) is 0.545. The van der Waals surface area contributed by atoms with Gasteiger partial charge in [0, 0.05) is 26.0 Å². The Bertz CT molecular complexity index is 420. The maximum atomic E-state index is 11.9. The van der Waals surface area contributed by atoms with Gasteiger partial charge in [0.05, 0.1) is 5.75 Å². The van der Waals surface area contributed by atoms with Crippen molar-refractivity contribution < 1.29 is 8.42 Å². The third kappa shape index (κ3) is 4.80. The van der Waals surface area contributed by atoms with E-state index in [1.807, 2.05) is 6.07 Å². The molecule has 5 nitrogen and oxygen atoms in total. The molecule has 0 saturated carbocycles. The van der Waals surface area contributed by atoms with Crippen molar-refractivity contribution in [1.29, 1.82) is 0 Å². The van der Waals surface area contributed by atoms with Crippen molar-refractivity contribution >= 4 is 10.0 Å². The van der Waals surface area contributed by atoms with Crippen LogP contribution in [-0.4, -0.2) is 37.1 Å². The molecule has 2 N–H and O–H groups in total. The summed E-state index contributed by atoms with van der Waals surface area (Å²) in [4.78, 5) is 3.96. The minimum absolute atomic E-state index is 0.154. The predicted molar refractivity (Wildman–Crippen MR) is 67.8 cm³/mol. The topological polar surface area (TPSA) is 76.3 Å². The highest BCUT2D eigenvalue weighted by Gasteiger charge is 2.17. The highest BCUT2D eigenvalue weighted by atomic mass is 32.2. The van der Waals surface area contributed by atoms with E-state index in [2.05, 4.69) is 4.98 Å². The molecule has 1 heterocycles. The molecule has 1 aromatic rings. The highest BCUT2D eigenvalue weighted by Crippen LogP contribution is 2.07. The van der Waals surface area contributed by atoms with E-state index in [1.165, 1.54) is 4.31 Å². The maximum absolute atomic E-state index is 11.9. The molecule has 0 radical (unpaired) electrons. The van der Waals surface area contributed by atoms with Crippen molar-refractivity contribution in [1.82, 2.24) is 9.29 Å². The molecule has 0 atom stereocenters. The Morgan fingerprint density at radius 1 is 1.41 bits per heavy atom. The Morgan fingerprint density at radius 3 is 2.76 bits per heavy atom. The standard InChI is InChI=1S/C11H19N3O2S/c1-14(10-11-5-4-7-13-9-11)17(15,16)8-3-2-6-12/h4-5,7,9H,2-3,6,8,10,12H2,1H3. The number of rotatable bonds is 7. The Balaban J connectivity index is 2.54. The summed E-state index contributed by atoms with van der Waals surface area (Å²) in [5.74, 6) is 0.154. The third-order valence-electron chi connectivity index (χ3n) is 2.46. The summed E-state index contributed by atoms with van der Waals surface area (Å²) >= 11 is 0. The van der Waals surface area contributed by atoms with Crippen LogP contribution in [0.1, 0.15) is 18.4 Å². The van der Waals surface area contributed by atoms with Crippen molar-refractivity contribution in [2.75, 3.05) is 19.3 Å². The Morgan fingerprint density at radius 2 is 2.18 bits per heavy atom. The number of aromatic nitrogens is 1. The van der Waals surface area contributed by atoms with Gasteiger partial charge in [-0.25, -0.2) is 12.7 Å². The molecular weight excluding hydrogens is 238 g/mol. The first-order valence-electron chi connectivity index (χ1n) is 5.59. The Hall–Kier alpha value is -0.980. The van der Waals surface area contributed by atoms with Gasteiger partial charge in [0.1, 0.15) is 0 Å². The quantitative estimate of drug-likeness (QED) is 0.725. The summed E-state index contributed by atoms with van der Waals surface area (Å²) < 4.78 is 25.1. The van der Waals surface area contributed by atoms with Gasteiger partial charge in [-0.1, -0.05) is 6.07 Å². The average molecular weight is 257 g/mol. The summed E-state index contributed by atoms with van der Waals surface area (Å²) in [6.07, 6.45) is 4.68. The molecular formula is C11H19N3O2S. The van der Waals surface area contributed by atoms with E-state index in [1.54, 1.807) is 25.5 Å². The summed E-state index contributed by atoms with van der Waals surface area (Å²) in [6, 6.07) is 3.66. The molecule has 0 aliphatic rings. The van der Waals surface area contributed by atoms with Crippen LogP contribution >= 0.6 is 0 Å². The molecule has 1 aromatic heterocycles. The monoisotopic (exact) mass is 257 g/mol. The van der Waals surface area contributed by atoms with Crippen molar-refractivity contribution in [3.8, 4) is 0 Å². The van der Waals surface area contributed by atoms with Gasteiger partial charge in [0.15, 0.2) is 0 Å². The van der Waals surface area contributed by atoms with Crippen molar-refractivity contribution in [3.05, 3.63) is 30.1 Å². The van der Waals surface area contributed by atoms with Crippen molar-refractivity contribution in [2.45, 2.75) is 19.4 Å². The third-order valence-corrected chi connectivity index (χ3v) is 4.34. The van der Waals surface area contributed by atoms with Gasteiger partial charge in [-0.15, -0.1) is 0 Å². The van der Waals surface area contributed by atoms with E-state index in [0.717, 1.165) is 12.0 Å². The van der Waals surface area contributed by atoms with E-state index in [9.17, 15) is 8.42 Å². The van der Waals surface area contributed by atoms with Crippen molar-refractivity contribution in [3.63, 3.8) is 0 Å². The molecule has 0 aromatic carbocycles. The van der Waals surface area contributed by atoms with Crippen LogP contribution in [0.3, 0.4) is 0 Å². The number of nitrogens with two attached hydrogens (primary N) is 1. The average Bonchev–Trinajstić information content (AvgIpc) is 2.30. The first-order chi connectivity index (χ1) is 8.06. The van der Waals surface area contributed by atoms with Gasteiger partial charge in [0.25, 0.3) is 0 Å². The summed E-state index contributed by atoms with van der Waals surface area (Å²) in [5, 5.41) is 0. The zero-order valence-electron chi connectivity index (χ0n) is 10.0. The Kier molecular flexibility index (Phi) is 5.54. The van der Waals surface area contributed by atoms with Crippen LogP contribution in [0.4, 0.5) is 0 Å². The highest BCUT2D eigenvalue weighted by molar-refractivity contribution is 7.89. The molecule has 0 aliphatic heterocycles. The lowest BCUT2D eigenvalue weighted by Gasteiger charge is -2.16. The lowest BCUT2D eigenvalue weighted by atomic mass is 10.3. The smallest absolute Gasteiger partial charge is 0.214 e. The second-order valence-electron chi connectivity index (χ2n) is 3.93. The molecule has 0 aliphatic carbocycles. The van der Waals surface area contributed by atoms with Gasteiger partial charge < -0.3 is 5.73 Å². The fourth-order valence-electron chi connectivity index (χ4n) is 1.43. The van der Waals surface area contributed by atoms with E-state index >= 15 is 0 Å². The molecule has 0 amide bonds. The predicted octanol–water partition coefficient (Wildman–Crippen LogP) is 0.582. The second-order valence-corrected chi connectivity index (χ2v) is 6.12. The van der Waals surface area contributed by atoms with E-state index in [4.69, 9.17) is 5.73 Å². The molecule has 0 spiro atoms. The molecule has 0 bridgehead atoms. The molecule has 0 saturated heterocycles. The van der Waals surface area contributed by atoms with Crippen molar-refractivity contribution in [2.24, 2.45) is 5.73 Å². The van der Waals surface area contributed by atoms with Crippen LogP contribution in [0, 0.1) is 0 Å². The lowest BCUT2D eigenvalue weighted by Crippen LogP contribution is -2.29. The Labute approximate surface area is 103 Å². The number of nitrogens with zero attached hydrogens (tertiary/aromatic N) is 2. The van der Waals surface area contributed by atoms with Gasteiger partial charge in [-0.2, -0.15) is 0 Å². The fourth-order valence-corrected chi connectivity index (χ4v) is 2.66. The number of hydrogen-bond donors (Lipinski definition) is 1. The van der Waals surface area contributed by atoms with Gasteiger partial charge >= 0.3 is 0 Å². The van der Waals surface area contributed by atoms with Crippen LogP contribution < -0.4 is 5.73 Å². The van der Waals surface area contributed by atoms with Crippen LogP contribution in [-0.2, 0) is 16.6 Å². The zero-order valence-corrected chi connectivity index (χ0v) is 10.9. The number of sulfonamides is 1. The SMILES string of the molecule is CN(Cc1cccnc1)S(=O)(=O)CCCCN. The minimum Gasteiger partial charge on any atom is -0.330 e. The summed E-state index contributed by atoms with van der Waals surface area (Å²) in [6.45, 7) is 0.890. The summed E-state index contributed by atoms with van der Waals surface area (Å²) in [5.41, 5.74) is 6.23. The first-order valence-corrected chi connectivity index (χ1v) is 7.20. The van der Waals surface area contributed by atoms with Crippen LogP contribution in [0.5, 0.6) is 0 Å². The molecule has 0 fully saturated rings. The largest absolute Gasteiger partial charge is 0.330 e. The van der Waals surface area contributed by atoms with E-state index in [-0.39, 0.29) is 5.75 Å². The first kappa shape index (κ1) is 14.1. The second kappa shape index (κ2) is 6.68. The molecule has 6 heteroatoms. The molecule has 17 heavy (non-hydrogen) atoms. The van der Waals surface area contributed by atoms with Gasteiger partial charge in [0.2, 0.25) is 10.0 Å². The molecule has 0 unspecified atom stereocenters. The van der Waals surface area contributed by atoms with E-state index < -0.39 is 10.0 Å². The maximum Gasteiger partial charge on any atom is 0.214 e. The minimum atomic E-state index is -3.18. The zero-order chi connectivity index (χ0) is 12.7. The van der Waals surface area contributed by atoms with Crippen LogP contribution in [0.25, 0.3) is 0 Å². The normalized spacial score (nSPS) is 11.9. The lowest BCUT2D eigenvalue weighted by molar-refractivity contribution is 0.464. The summed E-state index contributed by atoms with van der Waals surface area (Å²) in [7, 11) is -1.59. The van der Waals surface area contributed by atoms with Crippen LogP contribution in [0.2, 0.25) is 0 Å². The van der Waals surface area contributed by atoms with Gasteiger partial charge in [-0.3, -0.25) is 4.98 Å². The number of pyridine rings is 1. The molecule has 96 valence electrons. The number of unbranched alkanes of at least 4 members (excludes halogenated alkanes) is 1. The van der Waals surface area contributed by atoms with Crippen LogP contribution in [0.15, 0.2) is 24.5 Å². The van der Waals surface area contributed by atoms with Gasteiger partial charge in [-0.05, 0) is 31.0 Å². The van der Waals surface area contributed by atoms with E-state index in [0.29, 0.717) is 19.5 Å². The number of hydrogen-bond acceptors (Lipinski definition) is 4.